The molecule has 0 aliphatic heterocycles. The highest BCUT2D eigenvalue weighted by atomic mass is 35.5. The highest BCUT2D eigenvalue weighted by molar-refractivity contribution is 6.32. The highest BCUT2D eigenvalue weighted by Gasteiger charge is 2.21. The molecule has 0 spiro atoms. The monoisotopic (exact) mass is 394 g/mol. The molecule has 0 radical (unpaired) electrons. The Balaban J connectivity index is 1.73. The van der Waals surface area contributed by atoms with Crippen molar-refractivity contribution in [2.75, 3.05) is 0 Å². The van der Waals surface area contributed by atoms with Gasteiger partial charge in [0.15, 0.2) is 0 Å². The Morgan fingerprint density at radius 3 is 2.46 bits per heavy atom. The number of halogens is 1. The first kappa shape index (κ1) is 17.9. The topological polar surface area (TPSA) is 94.0 Å². The predicted octanol–water partition coefficient (Wildman–Crippen LogP) is 4.56. The van der Waals surface area contributed by atoms with E-state index in [2.05, 4.69) is 15.1 Å². The zero-order valence-corrected chi connectivity index (χ0v) is 15.8. The minimum absolute atomic E-state index is 0.192. The Morgan fingerprint density at radius 1 is 1.07 bits per heavy atom. The summed E-state index contributed by atoms with van der Waals surface area (Å²) in [4.78, 5) is 20.0. The Kier molecular flexibility index (Phi) is 4.44. The molecule has 7 nitrogen and oxygen atoms in total. The van der Waals surface area contributed by atoms with E-state index in [1.165, 1.54) is 12.1 Å². The van der Waals surface area contributed by atoms with Crippen molar-refractivity contribution >= 4 is 17.6 Å². The summed E-state index contributed by atoms with van der Waals surface area (Å²) < 4.78 is 7.35. The van der Waals surface area contributed by atoms with E-state index in [1.54, 1.807) is 12.1 Å². The van der Waals surface area contributed by atoms with E-state index in [9.17, 15) is 4.79 Å². The molecule has 0 amide bonds. The van der Waals surface area contributed by atoms with Crippen molar-refractivity contribution in [1.29, 1.82) is 0 Å². The second kappa shape index (κ2) is 6.94. The molecular weight excluding hydrogens is 380 g/mol. The second-order valence-corrected chi connectivity index (χ2v) is 6.59. The van der Waals surface area contributed by atoms with Gasteiger partial charge in [0.1, 0.15) is 11.5 Å². The van der Waals surface area contributed by atoms with E-state index in [0.29, 0.717) is 22.1 Å². The number of hydrogen-bond acceptors (Lipinski definition) is 5. The summed E-state index contributed by atoms with van der Waals surface area (Å²) in [6, 6.07) is 13.8. The van der Waals surface area contributed by atoms with Crippen LogP contribution in [0.1, 0.15) is 21.9 Å². The first-order chi connectivity index (χ1) is 13.5. The van der Waals surface area contributed by atoms with Crippen molar-refractivity contribution in [3.63, 3.8) is 0 Å². The fraction of sp³-hybridized carbons (Fsp3) is 0.100. The molecule has 0 fully saturated rings. The highest BCUT2D eigenvalue weighted by Crippen LogP contribution is 2.29. The molecule has 8 heteroatoms. The van der Waals surface area contributed by atoms with Gasteiger partial charge in [0.05, 0.1) is 22.0 Å². The van der Waals surface area contributed by atoms with Crippen LogP contribution >= 0.6 is 11.6 Å². The van der Waals surface area contributed by atoms with Crippen LogP contribution in [0.25, 0.3) is 28.7 Å². The number of carbonyl (C=O) groups is 1. The quantitative estimate of drug-likeness (QED) is 0.545. The molecule has 0 atom stereocenters. The lowest BCUT2D eigenvalue weighted by molar-refractivity contribution is 0.0697. The lowest BCUT2D eigenvalue weighted by atomic mass is 10.1. The van der Waals surface area contributed by atoms with Gasteiger partial charge in [-0.25, -0.2) is 9.78 Å². The summed E-state index contributed by atoms with van der Waals surface area (Å²) in [5.74, 6) is 0.391. The van der Waals surface area contributed by atoms with E-state index < -0.39 is 5.97 Å². The molecule has 0 unspecified atom stereocenters. The van der Waals surface area contributed by atoms with Gasteiger partial charge in [0, 0.05) is 5.56 Å². The van der Waals surface area contributed by atoms with Crippen LogP contribution in [0.15, 0.2) is 53.1 Å². The number of rotatable bonds is 4. The van der Waals surface area contributed by atoms with Crippen LogP contribution in [0.3, 0.4) is 0 Å². The maximum absolute atomic E-state index is 11.0. The van der Waals surface area contributed by atoms with Gasteiger partial charge >= 0.3 is 5.97 Å². The Bertz CT molecular complexity index is 1180. The van der Waals surface area contributed by atoms with Crippen molar-refractivity contribution in [2.24, 2.45) is 0 Å². The number of benzene rings is 2. The van der Waals surface area contributed by atoms with Gasteiger partial charge in [-0.1, -0.05) is 41.0 Å². The molecule has 2 heterocycles. The third-order valence-corrected chi connectivity index (χ3v) is 4.71. The third kappa shape index (κ3) is 3.05. The lowest BCUT2D eigenvalue weighted by Gasteiger charge is -2.09. The molecule has 0 bridgehead atoms. The number of imidazole rings is 1. The minimum atomic E-state index is -0.989. The number of aryl methyl sites for hydroxylation is 1. The van der Waals surface area contributed by atoms with Gasteiger partial charge in [0.2, 0.25) is 5.82 Å². The molecule has 1 N–H and O–H groups in total. The zero-order chi connectivity index (χ0) is 19.8. The van der Waals surface area contributed by atoms with Crippen molar-refractivity contribution in [1.82, 2.24) is 19.7 Å². The maximum Gasteiger partial charge on any atom is 0.335 e. The van der Waals surface area contributed by atoms with Crippen LogP contribution in [0.5, 0.6) is 0 Å². The average Bonchev–Trinajstić information content (AvgIpc) is 3.27. The van der Waals surface area contributed by atoms with Gasteiger partial charge in [0.25, 0.3) is 5.89 Å². The number of para-hydroxylation sites is 1. The van der Waals surface area contributed by atoms with Crippen LogP contribution < -0.4 is 0 Å². The molecule has 2 aromatic carbocycles. The first-order valence-electron chi connectivity index (χ1n) is 8.44. The fourth-order valence-corrected chi connectivity index (χ4v) is 3.25. The SMILES string of the molecule is Cc1nc(-c2nc(-c3ccc(C(=O)O)cc3)no2)c(C)n1-c1ccccc1Cl. The predicted molar refractivity (Wildman–Crippen MR) is 104 cm³/mol. The molecule has 140 valence electrons. The van der Waals surface area contributed by atoms with Crippen molar-refractivity contribution < 1.29 is 14.4 Å². The minimum Gasteiger partial charge on any atom is -0.478 e. The van der Waals surface area contributed by atoms with Crippen LogP contribution in [0, 0.1) is 13.8 Å². The molecular formula is C20H15ClN4O3. The molecule has 0 saturated carbocycles. The lowest BCUT2D eigenvalue weighted by Crippen LogP contribution is -2.00. The summed E-state index contributed by atoms with van der Waals surface area (Å²) in [7, 11) is 0. The van der Waals surface area contributed by atoms with E-state index in [4.69, 9.17) is 21.2 Å². The molecule has 28 heavy (non-hydrogen) atoms. The summed E-state index contributed by atoms with van der Waals surface area (Å²) in [6.45, 7) is 3.78. The Hall–Kier alpha value is -3.45. The van der Waals surface area contributed by atoms with Gasteiger partial charge in [-0.2, -0.15) is 4.98 Å². The molecule has 4 aromatic rings. The second-order valence-electron chi connectivity index (χ2n) is 6.19. The molecule has 0 saturated heterocycles. The smallest absolute Gasteiger partial charge is 0.335 e. The van der Waals surface area contributed by atoms with Crippen LogP contribution in [0.4, 0.5) is 0 Å². The van der Waals surface area contributed by atoms with Crippen molar-refractivity contribution in [2.45, 2.75) is 13.8 Å². The van der Waals surface area contributed by atoms with Gasteiger partial charge in [-0.3, -0.25) is 4.57 Å². The number of hydrogen-bond donors (Lipinski definition) is 1. The average molecular weight is 395 g/mol. The van der Waals surface area contributed by atoms with Crippen molar-refractivity contribution in [3.05, 3.63) is 70.6 Å². The van der Waals surface area contributed by atoms with Gasteiger partial charge in [-0.15, -0.1) is 0 Å². The standard InChI is InChI=1S/C20H15ClN4O3/c1-11-17(22-12(2)25(11)16-6-4-3-5-15(16)21)19-23-18(24-28-19)13-7-9-14(10-8-13)20(26)27/h3-10H,1-2H3,(H,26,27). The van der Waals surface area contributed by atoms with E-state index in [1.807, 2.05) is 42.7 Å². The summed E-state index contributed by atoms with van der Waals surface area (Å²) in [5.41, 5.74) is 3.06. The molecule has 0 aliphatic rings. The van der Waals surface area contributed by atoms with Gasteiger partial charge in [-0.05, 0) is 38.1 Å². The first-order valence-corrected chi connectivity index (χ1v) is 8.82. The van der Waals surface area contributed by atoms with E-state index in [-0.39, 0.29) is 11.5 Å². The molecule has 2 aromatic heterocycles. The van der Waals surface area contributed by atoms with Crippen LogP contribution in [-0.4, -0.2) is 30.8 Å². The third-order valence-electron chi connectivity index (χ3n) is 4.39. The van der Waals surface area contributed by atoms with Gasteiger partial charge < -0.3 is 9.63 Å². The van der Waals surface area contributed by atoms with Crippen LogP contribution in [0.2, 0.25) is 5.02 Å². The Labute approximate surface area is 165 Å². The summed E-state index contributed by atoms with van der Waals surface area (Å²) in [5, 5.41) is 13.6. The fourth-order valence-electron chi connectivity index (χ4n) is 3.03. The van der Waals surface area contributed by atoms with E-state index in [0.717, 1.165) is 17.2 Å². The largest absolute Gasteiger partial charge is 0.478 e. The van der Waals surface area contributed by atoms with Crippen LogP contribution in [-0.2, 0) is 0 Å². The molecule has 0 aliphatic carbocycles. The summed E-state index contributed by atoms with van der Waals surface area (Å²) in [6.07, 6.45) is 0. The summed E-state index contributed by atoms with van der Waals surface area (Å²) >= 11 is 6.34. The number of nitrogens with zero attached hydrogens (tertiary/aromatic N) is 4. The normalized spacial score (nSPS) is 11.0. The number of aromatic nitrogens is 4. The zero-order valence-electron chi connectivity index (χ0n) is 15.0. The number of carboxylic acids is 1. The van der Waals surface area contributed by atoms with Crippen molar-refractivity contribution in [3.8, 4) is 28.7 Å². The Morgan fingerprint density at radius 2 is 1.79 bits per heavy atom. The number of aromatic carboxylic acids is 1. The maximum atomic E-state index is 11.0. The molecule has 4 rings (SSSR count). The van der Waals surface area contributed by atoms with E-state index >= 15 is 0 Å². The number of carboxylic acid groups (broad SMARTS) is 1.